The SMILES string of the molecule is CC(C)NS(=O)(=O)Cc1ccccc1CNc1ncccc1F. The molecule has 1 heterocycles. The molecule has 7 heteroatoms. The molecule has 0 bridgehead atoms. The lowest BCUT2D eigenvalue weighted by atomic mass is 10.1. The molecule has 0 spiro atoms. The zero-order chi connectivity index (χ0) is 16.9. The van der Waals surface area contributed by atoms with Crippen molar-refractivity contribution in [2.24, 2.45) is 0 Å². The summed E-state index contributed by atoms with van der Waals surface area (Å²) in [5, 5.41) is 2.89. The van der Waals surface area contributed by atoms with E-state index in [2.05, 4.69) is 15.0 Å². The summed E-state index contributed by atoms with van der Waals surface area (Å²) in [6.45, 7) is 3.84. The smallest absolute Gasteiger partial charge is 0.216 e. The third-order valence-electron chi connectivity index (χ3n) is 3.08. The molecular formula is C16H20FN3O2S. The molecule has 1 aromatic heterocycles. The Bertz CT molecular complexity index is 763. The van der Waals surface area contributed by atoms with Gasteiger partial charge in [0.25, 0.3) is 0 Å². The summed E-state index contributed by atoms with van der Waals surface area (Å²) in [7, 11) is -3.41. The van der Waals surface area contributed by atoms with Crippen LogP contribution in [-0.4, -0.2) is 19.4 Å². The molecule has 124 valence electrons. The lowest BCUT2D eigenvalue weighted by molar-refractivity contribution is 0.569. The van der Waals surface area contributed by atoms with E-state index in [0.29, 0.717) is 12.1 Å². The first-order valence-corrected chi connectivity index (χ1v) is 8.94. The van der Waals surface area contributed by atoms with Gasteiger partial charge in [-0.15, -0.1) is 0 Å². The quantitative estimate of drug-likeness (QED) is 0.815. The van der Waals surface area contributed by atoms with Crippen LogP contribution in [-0.2, 0) is 22.3 Å². The van der Waals surface area contributed by atoms with Crippen LogP contribution in [0.1, 0.15) is 25.0 Å². The Labute approximate surface area is 136 Å². The molecule has 5 nitrogen and oxygen atoms in total. The second kappa shape index (κ2) is 7.52. The van der Waals surface area contributed by atoms with Gasteiger partial charge >= 0.3 is 0 Å². The molecule has 0 atom stereocenters. The Morgan fingerprint density at radius 2 is 1.83 bits per heavy atom. The average Bonchev–Trinajstić information content (AvgIpc) is 2.46. The summed E-state index contributed by atoms with van der Waals surface area (Å²) in [6, 6.07) is 9.84. The Kier molecular flexibility index (Phi) is 5.68. The maximum absolute atomic E-state index is 13.6. The number of hydrogen-bond donors (Lipinski definition) is 2. The average molecular weight is 337 g/mol. The highest BCUT2D eigenvalue weighted by molar-refractivity contribution is 7.88. The number of aromatic nitrogens is 1. The van der Waals surface area contributed by atoms with E-state index in [-0.39, 0.29) is 17.6 Å². The van der Waals surface area contributed by atoms with Crippen molar-refractivity contribution in [1.29, 1.82) is 0 Å². The lowest BCUT2D eigenvalue weighted by Gasteiger charge is -2.13. The van der Waals surface area contributed by atoms with E-state index in [0.717, 1.165) is 5.56 Å². The van der Waals surface area contributed by atoms with Crippen LogP contribution >= 0.6 is 0 Å². The fraction of sp³-hybridized carbons (Fsp3) is 0.312. The van der Waals surface area contributed by atoms with Gasteiger partial charge in [-0.25, -0.2) is 22.5 Å². The summed E-state index contributed by atoms with van der Waals surface area (Å²) < 4.78 is 40.3. The van der Waals surface area contributed by atoms with Crippen LogP contribution in [0.25, 0.3) is 0 Å². The van der Waals surface area contributed by atoms with Crippen LogP contribution in [0.15, 0.2) is 42.6 Å². The number of hydrogen-bond acceptors (Lipinski definition) is 4. The number of benzene rings is 1. The number of sulfonamides is 1. The van der Waals surface area contributed by atoms with Crippen molar-refractivity contribution in [2.45, 2.75) is 32.2 Å². The minimum atomic E-state index is -3.41. The summed E-state index contributed by atoms with van der Waals surface area (Å²) in [5.41, 5.74) is 1.45. The van der Waals surface area contributed by atoms with Gasteiger partial charge in [0.2, 0.25) is 10.0 Å². The molecule has 0 radical (unpaired) electrons. The maximum Gasteiger partial charge on any atom is 0.216 e. The predicted molar refractivity (Wildman–Crippen MR) is 88.9 cm³/mol. The van der Waals surface area contributed by atoms with E-state index in [1.807, 2.05) is 12.1 Å². The number of nitrogens with one attached hydrogen (secondary N) is 2. The molecule has 2 aromatic rings. The van der Waals surface area contributed by atoms with Crippen molar-refractivity contribution >= 4 is 15.8 Å². The van der Waals surface area contributed by atoms with Gasteiger partial charge in [0.1, 0.15) is 0 Å². The minimum Gasteiger partial charge on any atom is -0.364 e. The van der Waals surface area contributed by atoms with E-state index < -0.39 is 15.8 Å². The van der Waals surface area contributed by atoms with Crippen molar-refractivity contribution in [1.82, 2.24) is 9.71 Å². The molecule has 0 aliphatic rings. The molecule has 0 unspecified atom stereocenters. The largest absolute Gasteiger partial charge is 0.364 e. The topological polar surface area (TPSA) is 71.1 Å². The van der Waals surface area contributed by atoms with Crippen molar-refractivity contribution in [3.8, 4) is 0 Å². The van der Waals surface area contributed by atoms with Crippen LogP contribution < -0.4 is 10.0 Å². The Morgan fingerprint density at radius 1 is 1.13 bits per heavy atom. The highest BCUT2D eigenvalue weighted by Crippen LogP contribution is 2.15. The number of halogens is 1. The second-order valence-electron chi connectivity index (χ2n) is 5.49. The van der Waals surface area contributed by atoms with E-state index in [9.17, 15) is 12.8 Å². The van der Waals surface area contributed by atoms with E-state index >= 15 is 0 Å². The first-order chi connectivity index (χ1) is 10.9. The van der Waals surface area contributed by atoms with Crippen LogP contribution in [0.2, 0.25) is 0 Å². The maximum atomic E-state index is 13.6. The predicted octanol–water partition coefficient (Wildman–Crippen LogP) is 2.66. The van der Waals surface area contributed by atoms with Gasteiger partial charge in [0.05, 0.1) is 5.75 Å². The third kappa shape index (κ3) is 5.30. The van der Waals surface area contributed by atoms with Crippen molar-refractivity contribution in [3.63, 3.8) is 0 Å². The fourth-order valence-corrected chi connectivity index (χ4v) is 3.66. The van der Waals surface area contributed by atoms with Gasteiger partial charge in [0, 0.05) is 18.8 Å². The first-order valence-electron chi connectivity index (χ1n) is 7.28. The van der Waals surface area contributed by atoms with Crippen LogP contribution in [0.3, 0.4) is 0 Å². The van der Waals surface area contributed by atoms with Gasteiger partial charge in [-0.05, 0) is 37.1 Å². The summed E-state index contributed by atoms with van der Waals surface area (Å²) >= 11 is 0. The molecule has 0 saturated carbocycles. The van der Waals surface area contributed by atoms with Gasteiger partial charge in [0.15, 0.2) is 11.6 Å². The van der Waals surface area contributed by atoms with Gasteiger partial charge in [-0.1, -0.05) is 24.3 Å². The highest BCUT2D eigenvalue weighted by Gasteiger charge is 2.15. The molecule has 0 aliphatic carbocycles. The van der Waals surface area contributed by atoms with Crippen molar-refractivity contribution in [3.05, 3.63) is 59.5 Å². The molecule has 0 aliphatic heterocycles. The lowest BCUT2D eigenvalue weighted by Crippen LogP contribution is -2.31. The Balaban J connectivity index is 2.13. The normalized spacial score (nSPS) is 11.7. The number of nitrogens with zero attached hydrogens (tertiary/aromatic N) is 1. The molecule has 23 heavy (non-hydrogen) atoms. The van der Waals surface area contributed by atoms with E-state index in [1.165, 1.54) is 18.3 Å². The standard InChI is InChI=1S/C16H20FN3O2S/c1-12(2)20-23(21,22)11-14-7-4-3-6-13(14)10-19-16-15(17)8-5-9-18-16/h3-9,12,20H,10-11H2,1-2H3,(H,18,19). The molecule has 0 saturated heterocycles. The van der Waals surface area contributed by atoms with Gasteiger partial charge < -0.3 is 5.32 Å². The molecule has 0 fully saturated rings. The highest BCUT2D eigenvalue weighted by atomic mass is 32.2. The Hall–Kier alpha value is -1.99. The van der Waals surface area contributed by atoms with Crippen molar-refractivity contribution in [2.75, 3.05) is 5.32 Å². The minimum absolute atomic E-state index is 0.117. The van der Waals surface area contributed by atoms with Crippen LogP contribution in [0, 0.1) is 5.82 Å². The molecule has 2 N–H and O–H groups in total. The van der Waals surface area contributed by atoms with Gasteiger partial charge in [-0.2, -0.15) is 0 Å². The molecule has 0 amide bonds. The summed E-state index contributed by atoms with van der Waals surface area (Å²) in [6.07, 6.45) is 1.49. The van der Waals surface area contributed by atoms with Crippen LogP contribution in [0.4, 0.5) is 10.2 Å². The van der Waals surface area contributed by atoms with Crippen LogP contribution in [0.5, 0.6) is 0 Å². The molecule has 1 aromatic carbocycles. The second-order valence-corrected chi connectivity index (χ2v) is 7.24. The monoisotopic (exact) mass is 337 g/mol. The van der Waals surface area contributed by atoms with E-state index in [4.69, 9.17) is 0 Å². The number of rotatable bonds is 7. The zero-order valence-corrected chi connectivity index (χ0v) is 13.9. The number of pyridine rings is 1. The molecular weight excluding hydrogens is 317 g/mol. The fourth-order valence-electron chi connectivity index (χ4n) is 2.17. The summed E-state index contributed by atoms with van der Waals surface area (Å²) in [4.78, 5) is 3.92. The summed E-state index contributed by atoms with van der Waals surface area (Å²) in [5.74, 6) is -0.419. The van der Waals surface area contributed by atoms with Gasteiger partial charge in [-0.3, -0.25) is 0 Å². The van der Waals surface area contributed by atoms with Crippen molar-refractivity contribution < 1.29 is 12.8 Å². The number of anilines is 1. The van der Waals surface area contributed by atoms with E-state index in [1.54, 1.807) is 26.0 Å². The first kappa shape index (κ1) is 17.4. The Morgan fingerprint density at radius 3 is 2.48 bits per heavy atom. The zero-order valence-electron chi connectivity index (χ0n) is 13.1. The molecule has 2 rings (SSSR count). The third-order valence-corrected chi connectivity index (χ3v) is 4.61.